The highest BCUT2D eigenvalue weighted by molar-refractivity contribution is 6.32. The van der Waals surface area contributed by atoms with Crippen LogP contribution in [0.2, 0.25) is 5.02 Å². The van der Waals surface area contributed by atoms with Crippen molar-refractivity contribution >= 4 is 17.5 Å². The number of primary amides is 1. The van der Waals surface area contributed by atoms with Crippen LogP contribution in [0.4, 0.5) is 0 Å². The van der Waals surface area contributed by atoms with Gasteiger partial charge in [0.1, 0.15) is 12.4 Å². The molecule has 126 valence electrons. The first kappa shape index (κ1) is 16.8. The van der Waals surface area contributed by atoms with Crippen LogP contribution in [0.25, 0.3) is 0 Å². The standard InChI is InChI=1S/C19H21ClN2O2/c20-17-3-1-2-4-18(17)24-12-11-22(16-9-10-16)13-14-5-7-15(8-6-14)19(21)23/h1-8,16H,9-13H2,(H2,21,23). The minimum atomic E-state index is -0.395. The second-order valence-electron chi connectivity index (χ2n) is 6.04. The number of hydrogen-bond acceptors (Lipinski definition) is 3. The third-order valence-corrected chi connectivity index (χ3v) is 4.47. The zero-order valence-electron chi connectivity index (χ0n) is 13.5. The Bertz CT molecular complexity index is 699. The van der Waals surface area contributed by atoms with E-state index in [2.05, 4.69) is 4.90 Å². The van der Waals surface area contributed by atoms with Gasteiger partial charge in [-0.05, 0) is 42.7 Å². The lowest BCUT2D eigenvalue weighted by molar-refractivity contribution is 0.100. The first-order chi connectivity index (χ1) is 11.6. The SMILES string of the molecule is NC(=O)c1ccc(CN(CCOc2ccccc2Cl)C2CC2)cc1. The number of amides is 1. The third-order valence-electron chi connectivity index (χ3n) is 4.16. The summed E-state index contributed by atoms with van der Waals surface area (Å²) in [5.74, 6) is 0.328. The number of halogens is 1. The Labute approximate surface area is 147 Å². The van der Waals surface area contributed by atoms with E-state index in [1.54, 1.807) is 12.1 Å². The summed E-state index contributed by atoms with van der Waals surface area (Å²) in [6.07, 6.45) is 2.46. The number of nitrogens with two attached hydrogens (primary N) is 1. The van der Waals surface area contributed by atoms with Gasteiger partial charge < -0.3 is 10.5 Å². The molecule has 1 fully saturated rings. The maximum atomic E-state index is 11.1. The summed E-state index contributed by atoms with van der Waals surface area (Å²) in [6, 6.07) is 15.6. The van der Waals surface area contributed by atoms with Gasteiger partial charge in [0.15, 0.2) is 0 Å². The van der Waals surface area contributed by atoms with Crippen molar-refractivity contribution in [2.24, 2.45) is 5.73 Å². The van der Waals surface area contributed by atoms with Crippen LogP contribution >= 0.6 is 11.6 Å². The molecule has 0 aromatic heterocycles. The average Bonchev–Trinajstić information content (AvgIpc) is 3.41. The molecule has 0 atom stereocenters. The number of carbonyl (C=O) groups excluding carboxylic acids is 1. The summed E-state index contributed by atoms with van der Waals surface area (Å²) in [5, 5.41) is 0.637. The Hall–Kier alpha value is -2.04. The molecule has 1 saturated carbocycles. The van der Waals surface area contributed by atoms with Gasteiger partial charge in [0.2, 0.25) is 5.91 Å². The van der Waals surface area contributed by atoms with E-state index in [4.69, 9.17) is 22.1 Å². The summed E-state index contributed by atoms with van der Waals surface area (Å²) in [6.45, 7) is 2.28. The fourth-order valence-corrected chi connectivity index (χ4v) is 2.86. The summed E-state index contributed by atoms with van der Waals surface area (Å²) in [5.41, 5.74) is 6.99. The minimum absolute atomic E-state index is 0.395. The van der Waals surface area contributed by atoms with Gasteiger partial charge >= 0.3 is 0 Å². The highest BCUT2D eigenvalue weighted by atomic mass is 35.5. The van der Waals surface area contributed by atoms with Crippen LogP contribution in [-0.4, -0.2) is 30.0 Å². The number of ether oxygens (including phenoxy) is 1. The Morgan fingerprint density at radius 2 is 1.88 bits per heavy atom. The Morgan fingerprint density at radius 3 is 2.50 bits per heavy atom. The molecule has 24 heavy (non-hydrogen) atoms. The molecule has 0 spiro atoms. The molecule has 1 aliphatic rings. The van der Waals surface area contributed by atoms with Gasteiger partial charge in [-0.1, -0.05) is 35.9 Å². The lowest BCUT2D eigenvalue weighted by atomic mass is 10.1. The molecule has 1 amide bonds. The molecule has 1 aliphatic carbocycles. The van der Waals surface area contributed by atoms with E-state index in [-0.39, 0.29) is 0 Å². The van der Waals surface area contributed by atoms with Gasteiger partial charge in [-0.25, -0.2) is 0 Å². The summed E-state index contributed by atoms with van der Waals surface area (Å²) in [4.78, 5) is 13.6. The molecule has 0 saturated heterocycles. The van der Waals surface area contributed by atoms with Crippen molar-refractivity contribution < 1.29 is 9.53 Å². The van der Waals surface area contributed by atoms with Crippen LogP contribution in [0.15, 0.2) is 48.5 Å². The number of para-hydroxylation sites is 1. The van der Waals surface area contributed by atoms with Crippen LogP contribution < -0.4 is 10.5 Å². The van der Waals surface area contributed by atoms with Crippen LogP contribution in [-0.2, 0) is 6.54 Å². The molecule has 0 aliphatic heterocycles. The van der Waals surface area contributed by atoms with Crippen molar-refractivity contribution in [2.75, 3.05) is 13.2 Å². The molecule has 3 rings (SSSR count). The minimum Gasteiger partial charge on any atom is -0.491 e. The first-order valence-corrected chi connectivity index (χ1v) is 8.51. The van der Waals surface area contributed by atoms with Crippen LogP contribution in [0.5, 0.6) is 5.75 Å². The average molecular weight is 345 g/mol. The molecular formula is C19H21ClN2O2. The second-order valence-corrected chi connectivity index (χ2v) is 6.45. The van der Waals surface area contributed by atoms with Crippen molar-refractivity contribution in [1.29, 1.82) is 0 Å². The molecule has 0 heterocycles. The molecule has 4 nitrogen and oxygen atoms in total. The van der Waals surface area contributed by atoms with Gasteiger partial charge in [-0.3, -0.25) is 9.69 Å². The predicted molar refractivity (Wildman–Crippen MR) is 95.3 cm³/mol. The van der Waals surface area contributed by atoms with E-state index in [0.29, 0.717) is 23.2 Å². The molecule has 0 unspecified atom stereocenters. The van der Waals surface area contributed by atoms with Crippen LogP contribution in [0, 0.1) is 0 Å². The summed E-state index contributed by atoms with van der Waals surface area (Å²) >= 11 is 6.11. The second kappa shape index (κ2) is 7.69. The summed E-state index contributed by atoms with van der Waals surface area (Å²) < 4.78 is 5.80. The molecule has 2 aromatic rings. The van der Waals surface area contributed by atoms with Gasteiger partial charge in [0, 0.05) is 24.7 Å². The number of nitrogens with zero attached hydrogens (tertiary/aromatic N) is 1. The molecular weight excluding hydrogens is 324 g/mol. The van der Waals surface area contributed by atoms with Crippen molar-refractivity contribution in [1.82, 2.24) is 4.90 Å². The Balaban J connectivity index is 1.55. The highest BCUT2D eigenvalue weighted by Gasteiger charge is 2.28. The van der Waals surface area contributed by atoms with E-state index in [9.17, 15) is 4.79 Å². The zero-order valence-corrected chi connectivity index (χ0v) is 14.2. The van der Waals surface area contributed by atoms with Crippen molar-refractivity contribution in [2.45, 2.75) is 25.4 Å². The number of carbonyl (C=O) groups is 1. The van der Waals surface area contributed by atoms with Crippen LogP contribution in [0.3, 0.4) is 0 Å². The maximum absolute atomic E-state index is 11.1. The Morgan fingerprint density at radius 1 is 1.17 bits per heavy atom. The fraction of sp³-hybridized carbons (Fsp3) is 0.316. The van der Waals surface area contributed by atoms with Gasteiger partial charge in [0.05, 0.1) is 5.02 Å². The number of hydrogen-bond donors (Lipinski definition) is 1. The normalized spacial score (nSPS) is 13.9. The number of rotatable bonds is 8. The lowest BCUT2D eigenvalue weighted by Crippen LogP contribution is -2.30. The van der Waals surface area contributed by atoms with E-state index in [0.717, 1.165) is 18.8 Å². The van der Waals surface area contributed by atoms with Gasteiger partial charge in [0.25, 0.3) is 0 Å². The monoisotopic (exact) mass is 344 g/mol. The molecule has 5 heteroatoms. The summed E-state index contributed by atoms with van der Waals surface area (Å²) in [7, 11) is 0. The lowest BCUT2D eigenvalue weighted by Gasteiger charge is -2.22. The molecule has 0 radical (unpaired) electrons. The van der Waals surface area contributed by atoms with Crippen LogP contribution in [0.1, 0.15) is 28.8 Å². The van der Waals surface area contributed by atoms with Crippen molar-refractivity contribution in [3.05, 3.63) is 64.7 Å². The Kier molecular flexibility index (Phi) is 5.38. The smallest absolute Gasteiger partial charge is 0.248 e. The first-order valence-electron chi connectivity index (χ1n) is 8.13. The predicted octanol–water partition coefficient (Wildman–Crippen LogP) is 3.48. The zero-order chi connectivity index (χ0) is 16.9. The van der Waals surface area contributed by atoms with E-state index in [1.807, 2.05) is 36.4 Å². The van der Waals surface area contributed by atoms with E-state index in [1.165, 1.54) is 18.4 Å². The molecule has 2 aromatic carbocycles. The fourth-order valence-electron chi connectivity index (χ4n) is 2.67. The topological polar surface area (TPSA) is 55.6 Å². The highest BCUT2D eigenvalue weighted by Crippen LogP contribution is 2.28. The number of benzene rings is 2. The maximum Gasteiger partial charge on any atom is 0.248 e. The van der Waals surface area contributed by atoms with E-state index >= 15 is 0 Å². The van der Waals surface area contributed by atoms with E-state index < -0.39 is 5.91 Å². The van der Waals surface area contributed by atoms with Crippen molar-refractivity contribution in [3.63, 3.8) is 0 Å². The quantitative estimate of drug-likeness (QED) is 0.797. The largest absolute Gasteiger partial charge is 0.491 e. The van der Waals surface area contributed by atoms with Gasteiger partial charge in [-0.2, -0.15) is 0 Å². The third kappa shape index (κ3) is 4.49. The van der Waals surface area contributed by atoms with Crippen molar-refractivity contribution in [3.8, 4) is 5.75 Å². The molecule has 2 N–H and O–H groups in total. The molecule has 0 bridgehead atoms. The van der Waals surface area contributed by atoms with Gasteiger partial charge in [-0.15, -0.1) is 0 Å².